The fourth-order valence-electron chi connectivity index (χ4n) is 2.17. The monoisotopic (exact) mass is 236 g/mol. The summed E-state index contributed by atoms with van der Waals surface area (Å²) in [6.07, 6.45) is 6.77. The molecule has 1 aliphatic carbocycles. The Kier molecular flexibility index (Phi) is 4.67. The van der Waals surface area contributed by atoms with Crippen LogP contribution in [0.4, 0.5) is 0 Å². The minimum absolute atomic E-state index is 0.0110. The number of Topliss-reactive ketones (excluding diaryl/α,β-unsaturated/α-hetero) is 2. The molecule has 0 bridgehead atoms. The lowest BCUT2D eigenvalue weighted by molar-refractivity contribution is -0.125. The zero-order valence-corrected chi connectivity index (χ0v) is 11.5. The Morgan fingerprint density at radius 1 is 1.12 bits per heavy atom. The molecule has 0 saturated heterocycles. The van der Waals surface area contributed by atoms with Crippen LogP contribution in [-0.4, -0.2) is 11.6 Å². The van der Waals surface area contributed by atoms with Gasteiger partial charge in [0.2, 0.25) is 0 Å². The molecule has 0 aromatic carbocycles. The van der Waals surface area contributed by atoms with Crippen LogP contribution in [0, 0.1) is 17.3 Å². The Balaban J connectivity index is 2.84. The van der Waals surface area contributed by atoms with Crippen LogP contribution in [0.25, 0.3) is 0 Å². The molecule has 1 rings (SSSR count). The van der Waals surface area contributed by atoms with Gasteiger partial charge in [-0.25, -0.2) is 0 Å². The maximum Gasteiger partial charge on any atom is 0.136 e. The summed E-state index contributed by atoms with van der Waals surface area (Å²) in [4.78, 5) is 23.8. The SMILES string of the molecule is C[C@@H]1CC=CC(C)(C)CC(=O)[C@H](C)CCC1=O. The van der Waals surface area contributed by atoms with Crippen LogP contribution in [-0.2, 0) is 9.59 Å². The van der Waals surface area contributed by atoms with E-state index in [4.69, 9.17) is 0 Å². The van der Waals surface area contributed by atoms with Crippen molar-refractivity contribution in [2.45, 2.75) is 53.4 Å². The zero-order valence-electron chi connectivity index (χ0n) is 11.5. The third-order valence-corrected chi connectivity index (χ3v) is 3.61. The van der Waals surface area contributed by atoms with Crippen molar-refractivity contribution >= 4 is 11.6 Å². The molecule has 2 heteroatoms. The maximum absolute atomic E-state index is 12.0. The van der Waals surface area contributed by atoms with Gasteiger partial charge in [-0.15, -0.1) is 0 Å². The number of carbonyl (C=O) groups is 2. The van der Waals surface area contributed by atoms with Gasteiger partial charge in [-0.3, -0.25) is 9.59 Å². The third-order valence-electron chi connectivity index (χ3n) is 3.61. The molecule has 0 amide bonds. The van der Waals surface area contributed by atoms with Crippen molar-refractivity contribution < 1.29 is 9.59 Å². The molecule has 2 nitrogen and oxygen atoms in total. The molecule has 0 heterocycles. The van der Waals surface area contributed by atoms with Gasteiger partial charge in [-0.2, -0.15) is 0 Å². The Morgan fingerprint density at radius 2 is 1.76 bits per heavy atom. The van der Waals surface area contributed by atoms with Gasteiger partial charge in [0.05, 0.1) is 0 Å². The molecule has 2 atom stereocenters. The van der Waals surface area contributed by atoms with E-state index in [2.05, 4.69) is 26.0 Å². The normalized spacial score (nSPS) is 31.1. The van der Waals surface area contributed by atoms with Gasteiger partial charge in [0.25, 0.3) is 0 Å². The van der Waals surface area contributed by atoms with E-state index >= 15 is 0 Å². The highest BCUT2D eigenvalue weighted by atomic mass is 16.1. The van der Waals surface area contributed by atoms with Crippen molar-refractivity contribution in [3.63, 3.8) is 0 Å². The minimum atomic E-state index is -0.0849. The molecule has 1 aliphatic rings. The fraction of sp³-hybridized carbons (Fsp3) is 0.733. The van der Waals surface area contributed by atoms with Gasteiger partial charge >= 0.3 is 0 Å². The summed E-state index contributed by atoms with van der Waals surface area (Å²) in [5.74, 6) is 0.662. The Labute approximate surface area is 104 Å². The molecule has 0 saturated carbocycles. The first-order valence-corrected chi connectivity index (χ1v) is 6.55. The number of rotatable bonds is 0. The number of hydrogen-bond donors (Lipinski definition) is 0. The average molecular weight is 236 g/mol. The van der Waals surface area contributed by atoms with E-state index in [1.165, 1.54) is 0 Å². The van der Waals surface area contributed by atoms with E-state index in [0.717, 1.165) is 6.42 Å². The molecule has 0 fully saturated rings. The summed E-state index contributed by atoms with van der Waals surface area (Å²) in [7, 11) is 0. The molecule has 0 unspecified atom stereocenters. The second-order valence-electron chi connectivity index (χ2n) is 6.08. The van der Waals surface area contributed by atoms with Gasteiger partial charge in [0.1, 0.15) is 11.6 Å². The van der Waals surface area contributed by atoms with E-state index in [0.29, 0.717) is 19.3 Å². The first kappa shape index (κ1) is 14.1. The second kappa shape index (κ2) is 5.61. The van der Waals surface area contributed by atoms with Gasteiger partial charge in [0.15, 0.2) is 0 Å². The van der Waals surface area contributed by atoms with Crippen LogP contribution in [0.1, 0.15) is 53.4 Å². The van der Waals surface area contributed by atoms with Crippen molar-refractivity contribution in [1.29, 1.82) is 0 Å². The quantitative estimate of drug-likeness (QED) is 0.603. The smallest absolute Gasteiger partial charge is 0.136 e. The summed E-state index contributed by atoms with van der Waals surface area (Å²) in [5, 5.41) is 0. The zero-order chi connectivity index (χ0) is 13.1. The fourth-order valence-corrected chi connectivity index (χ4v) is 2.17. The van der Waals surface area contributed by atoms with Crippen LogP contribution >= 0.6 is 0 Å². The molecule has 0 radical (unpaired) electrons. The summed E-state index contributed by atoms with van der Waals surface area (Å²) < 4.78 is 0. The van der Waals surface area contributed by atoms with Gasteiger partial charge < -0.3 is 0 Å². The highest BCUT2D eigenvalue weighted by molar-refractivity contribution is 5.84. The molecule has 0 aromatic heterocycles. The highest BCUT2D eigenvalue weighted by Crippen LogP contribution is 2.27. The molecule has 0 spiro atoms. The first-order chi connectivity index (χ1) is 7.82. The van der Waals surface area contributed by atoms with Crippen molar-refractivity contribution in [1.82, 2.24) is 0 Å². The van der Waals surface area contributed by atoms with Gasteiger partial charge in [0, 0.05) is 24.7 Å². The van der Waals surface area contributed by atoms with E-state index in [1.54, 1.807) is 0 Å². The standard InChI is InChI=1S/C15H24O2/c1-11-6-5-9-15(3,4)10-14(17)12(2)7-8-13(11)16/h5,9,11-12H,6-8,10H2,1-4H3/t11-,12-/m1/s1. The lowest BCUT2D eigenvalue weighted by atomic mass is 9.83. The predicted molar refractivity (Wildman–Crippen MR) is 69.7 cm³/mol. The highest BCUT2D eigenvalue weighted by Gasteiger charge is 2.24. The Bertz CT molecular complexity index is 326. The molecule has 17 heavy (non-hydrogen) atoms. The summed E-state index contributed by atoms with van der Waals surface area (Å²) in [5.41, 5.74) is -0.0849. The van der Waals surface area contributed by atoms with E-state index < -0.39 is 0 Å². The number of allylic oxidation sites excluding steroid dienone is 2. The van der Waals surface area contributed by atoms with E-state index in [1.807, 2.05) is 13.8 Å². The average Bonchev–Trinajstić information content (AvgIpc) is 2.23. The van der Waals surface area contributed by atoms with Crippen LogP contribution in [0.2, 0.25) is 0 Å². The number of carbonyl (C=O) groups excluding carboxylic acids is 2. The third kappa shape index (κ3) is 4.45. The van der Waals surface area contributed by atoms with Crippen molar-refractivity contribution in [2.24, 2.45) is 17.3 Å². The number of hydrogen-bond acceptors (Lipinski definition) is 2. The van der Waals surface area contributed by atoms with Crippen molar-refractivity contribution in [2.75, 3.05) is 0 Å². The predicted octanol–water partition coefficient (Wildman–Crippen LogP) is 3.55. The molecular formula is C15H24O2. The van der Waals surface area contributed by atoms with Gasteiger partial charge in [-0.05, 0) is 18.3 Å². The largest absolute Gasteiger partial charge is 0.299 e. The summed E-state index contributed by atoms with van der Waals surface area (Å²) >= 11 is 0. The molecule has 0 aromatic rings. The molecule has 0 aliphatic heterocycles. The van der Waals surface area contributed by atoms with Crippen LogP contribution in [0.5, 0.6) is 0 Å². The molecule has 0 N–H and O–H groups in total. The molecule has 96 valence electrons. The lowest BCUT2D eigenvalue weighted by Gasteiger charge is -2.21. The van der Waals surface area contributed by atoms with Crippen LogP contribution < -0.4 is 0 Å². The van der Waals surface area contributed by atoms with Crippen molar-refractivity contribution in [3.05, 3.63) is 12.2 Å². The van der Waals surface area contributed by atoms with Gasteiger partial charge in [-0.1, -0.05) is 39.8 Å². The van der Waals surface area contributed by atoms with Crippen molar-refractivity contribution in [3.8, 4) is 0 Å². The lowest BCUT2D eigenvalue weighted by Crippen LogP contribution is -2.20. The van der Waals surface area contributed by atoms with E-state index in [9.17, 15) is 9.59 Å². The van der Waals surface area contributed by atoms with Crippen LogP contribution in [0.15, 0.2) is 12.2 Å². The second-order valence-corrected chi connectivity index (χ2v) is 6.08. The Morgan fingerprint density at radius 3 is 2.41 bits per heavy atom. The topological polar surface area (TPSA) is 34.1 Å². The summed E-state index contributed by atoms with van der Waals surface area (Å²) in [6.45, 7) is 8.08. The summed E-state index contributed by atoms with van der Waals surface area (Å²) in [6, 6.07) is 0. The number of ketones is 2. The Hall–Kier alpha value is -0.920. The van der Waals surface area contributed by atoms with Crippen LogP contribution in [0.3, 0.4) is 0 Å². The first-order valence-electron chi connectivity index (χ1n) is 6.55. The minimum Gasteiger partial charge on any atom is -0.299 e. The van der Waals surface area contributed by atoms with E-state index in [-0.39, 0.29) is 28.8 Å². The maximum atomic E-state index is 12.0. The molecular weight excluding hydrogens is 212 g/mol.